The smallest absolute Gasteiger partial charge is 0.422 e. The lowest BCUT2D eigenvalue weighted by atomic mass is 10.1. The van der Waals surface area contributed by atoms with Gasteiger partial charge in [-0.2, -0.15) is 4.57 Å². The van der Waals surface area contributed by atoms with E-state index in [1.165, 1.54) is 0 Å². The van der Waals surface area contributed by atoms with E-state index in [0.717, 1.165) is 17.5 Å². The molecule has 0 saturated carbocycles. The Morgan fingerprint density at radius 2 is 1.08 bits per heavy atom. The normalized spacial score (nSPS) is 13.6. The van der Waals surface area contributed by atoms with Crippen LogP contribution in [-0.4, -0.2) is 0 Å². The zero-order valence-corrected chi connectivity index (χ0v) is 22.7. The summed E-state index contributed by atoms with van der Waals surface area (Å²) in [4.78, 5) is 0. The van der Waals surface area contributed by atoms with Crippen molar-refractivity contribution >= 4 is 16.1 Å². The molecule has 4 aromatic carbocycles. The molecule has 0 aliphatic heterocycles. The molecule has 0 aromatic heterocycles. The summed E-state index contributed by atoms with van der Waals surface area (Å²) in [6, 6.07) is 31.6. The van der Waals surface area contributed by atoms with E-state index in [1.54, 1.807) is 78.9 Å². The molecule has 198 valence electrons. The molecule has 0 fully saturated rings. The second kappa shape index (κ2) is 12.6. The first-order chi connectivity index (χ1) is 19.0. The van der Waals surface area contributed by atoms with E-state index in [1.807, 2.05) is 48.6 Å². The molecule has 1 atom stereocenters. The van der Waals surface area contributed by atoms with Gasteiger partial charge in [0.15, 0.2) is 0 Å². The second-order valence-electron chi connectivity index (χ2n) is 8.45. The van der Waals surface area contributed by atoms with E-state index in [0.29, 0.717) is 35.2 Å². The Morgan fingerprint density at radius 3 is 1.56 bits per heavy atom. The van der Waals surface area contributed by atoms with Crippen molar-refractivity contribution in [2.45, 2.75) is 12.8 Å². The molecule has 9 heteroatoms. The van der Waals surface area contributed by atoms with Gasteiger partial charge in [-0.15, -0.1) is 0 Å². The van der Waals surface area contributed by atoms with Crippen molar-refractivity contribution in [1.29, 1.82) is 0 Å². The summed E-state index contributed by atoms with van der Waals surface area (Å²) >= 11 is 0. The fourth-order valence-electron chi connectivity index (χ4n) is 3.72. The molecule has 1 aliphatic carbocycles. The van der Waals surface area contributed by atoms with Crippen molar-refractivity contribution in [1.82, 2.24) is 0 Å². The number of hydrogen-bond acceptors (Lipinski definition) is 7. The number of para-hydroxylation sites is 2. The number of rotatable bonds is 11. The summed E-state index contributed by atoms with van der Waals surface area (Å²) in [5.41, 5.74) is 1.79. The minimum Gasteiger partial charge on any atom is -0.422 e. The monoisotopic (exact) mass is 560 g/mol. The van der Waals surface area contributed by atoms with Crippen LogP contribution in [0.1, 0.15) is 12.8 Å². The van der Waals surface area contributed by atoms with Crippen LogP contribution in [0, 0.1) is 0 Å². The van der Waals surface area contributed by atoms with E-state index < -0.39 is 16.1 Å². The van der Waals surface area contributed by atoms with E-state index >= 15 is 0 Å². The Labute approximate surface area is 227 Å². The minimum absolute atomic E-state index is 0.316. The van der Waals surface area contributed by atoms with Crippen LogP contribution in [0.5, 0.6) is 23.0 Å². The molecule has 7 nitrogen and oxygen atoms in total. The van der Waals surface area contributed by atoms with Gasteiger partial charge in [-0.05, 0) is 72.2 Å². The van der Waals surface area contributed by atoms with Gasteiger partial charge in [0.1, 0.15) is 28.8 Å². The molecule has 1 unspecified atom stereocenters. The first-order valence-corrected chi connectivity index (χ1v) is 15.0. The van der Waals surface area contributed by atoms with E-state index in [-0.39, 0.29) is 0 Å². The van der Waals surface area contributed by atoms with Crippen molar-refractivity contribution < 1.29 is 31.7 Å². The largest absolute Gasteiger partial charge is 0.647 e. The average molecular weight is 560 g/mol. The van der Waals surface area contributed by atoms with Crippen molar-refractivity contribution in [3.8, 4) is 34.1 Å². The van der Waals surface area contributed by atoms with Crippen LogP contribution >= 0.6 is 16.1 Å². The lowest BCUT2D eigenvalue weighted by Crippen LogP contribution is -2.07. The molecular formula is C30H26O7P2. The fourth-order valence-corrected chi connectivity index (χ4v) is 5.73. The Hall–Kier alpha value is -4.18. The third-order valence-electron chi connectivity index (χ3n) is 5.57. The van der Waals surface area contributed by atoms with E-state index in [9.17, 15) is 9.13 Å². The highest BCUT2D eigenvalue weighted by atomic mass is 31.2. The van der Waals surface area contributed by atoms with Crippen LogP contribution in [0.3, 0.4) is 0 Å². The summed E-state index contributed by atoms with van der Waals surface area (Å²) in [5.74, 6) is 2.14. The molecule has 5 rings (SSSR count). The summed E-state index contributed by atoms with van der Waals surface area (Å²) in [6.07, 6.45) is 7.27. The lowest BCUT2D eigenvalue weighted by Gasteiger charge is -2.19. The highest BCUT2D eigenvalue weighted by molar-refractivity contribution is 7.49. The van der Waals surface area contributed by atoms with Crippen LogP contribution in [0.2, 0.25) is 0 Å². The SMILES string of the molecule is O=[PH](OC1=CC=CCC1)Oc1ccc(-c2ccc(OP(=O)(Oc3ccccc3)Oc3ccccc3)cc2)cc1. The zero-order chi connectivity index (χ0) is 26.9. The average Bonchev–Trinajstić information content (AvgIpc) is 2.95. The van der Waals surface area contributed by atoms with E-state index in [4.69, 9.17) is 22.6 Å². The Morgan fingerprint density at radius 1 is 0.590 bits per heavy atom. The summed E-state index contributed by atoms with van der Waals surface area (Å²) in [5, 5.41) is 0. The van der Waals surface area contributed by atoms with Crippen LogP contribution in [0.25, 0.3) is 11.1 Å². The molecule has 0 radical (unpaired) electrons. The number of benzene rings is 4. The van der Waals surface area contributed by atoms with Crippen LogP contribution in [0.4, 0.5) is 0 Å². The molecule has 0 bridgehead atoms. The molecule has 39 heavy (non-hydrogen) atoms. The van der Waals surface area contributed by atoms with Gasteiger partial charge in [0, 0.05) is 6.42 Å². The number of allylic oxidation sites excluding steroid dienone is 4. The Kier molecular flexibility index (Phi) is 8.52. The third-order valence-corrected chi connectivity index (χ3v) is 7.71. The van der Waals surface area contributed by atoms with Gasteiger partial charge < -0.3 is 22.6 Å². The van der Waals surface area contributed by atoms with Gasteiger partial charge in [0.2, 0.25) is 0 Å². The predicted octanol–water partition coefficient (Wildman–Crippen LogP) is 9.02. The third kappa shape index (κ3) is 7.67. The number of phosphoric ester groups is 1. The molecular weight excluding hydrogens is 534 g/mol. The van der Waals surface area contributed by atoms with E-state index in [2.05, 4.69) is 0 Å². The van der Waals surface area contributed by atoms with Crippen molar-refractivity contribution in [3.05, 3.63) is 133 Å². The highest BCUT2D eigenvalue weighted by Crippen LogP contribution is 2.49. The van der Waals surface area contributed by atoms with Crippen molar-refractivity contribution in [3.63, 3.8) is 0 Å². The van der Waals surface area contributed by atoms with Crippen molar-refractivity contribution in [2.24, 2.45) is 0 Å². The first kappa shape index (κ1) is 26.4. The molecule has 1 aliphatic rings. The van der Waals surface area contributed by atoms with Gasteiger partial charge in [-0.25, -0.2) is 4.57 Å². The summed E-state index contributed by atoms with van der Waals surface area (Å²) in [6.45, 7) is 0. The maximum Gasteiger partial charge on any atom is 0.647 e. The Balaban J connectivity index is 1.25. The van der Waals surface area contributed by atoms with Gasteiger partial charge >= 0.3 is 16.1 Å². The number of hydrogen-bond donors (Lipinski definition) is 0. The summed E-state index contributed by atoms with van der Waals surface area (Å²) < 4.78 is 53.8. The van der Waals surface area contributed by atoms with Crippen LogP contribution in [0.15, 0.2) is 133 Å². The van der Waals surface area contributed by atoms with Crippen molar-refractivity contribution in [2.75, 3.05) is 0 Å². The number of phosphoric acid groups is 1. The second-order valence-corrected chi connectivity index (χ2v) is 10.8. The molecule has 0 spiro atoms. The molecule has 0 N–H and O–H groups in total. The summed E-state index contributed by atoms with van der Waals surface area (Å²) in [7, 11) is -6.77. The van der Waals surface area contributed by atoms with Gasteiger partial charge in [0.25, 0.3) is 0 Å². The van der Waals surface area contributed by atoms with Gasteiger partial charge in [0.05, 0.1) is 0 Å². The Bertz CT molecular complexity index is 1460. The zero-order valence-electron chi connectivity index (χ0n) is 20.8. The van der Waals surface area contributed by atoms with Gasteiger partial charge in [-0.3, -0.25) is 0 Å². The maximum atomic E-state index is 13.6. The fraction of sp³-hybridized carbons (Fsp3) is 0.0667. The minimum atomic E-state index is -4.07. The first-order valence-electron chi connectivity index (χ1n) is 12.3. The quantitative estimate of drug-likeness (QED) is 0.169. The predicted molar refractivity (Wildman–Crippen MR) is 151 cm³/mol. The van der Waals surface area contributed by atoms with Crippen LogP contribution in [-0.2, 0) is 13.7 Å². The molecule has 4 aromatic rings. The maximum absolute atomic E-state index is 13.6. The molecule has 0 heterocycles. The standard InChI is InChI=1S/C30H26O7P2/c31-38(33-26-10-4-1-5-11-26)34-27-20-16-24(17-21-27)25-18-22-30(23-19-25)37-39(32,35-28-12-6-2-7-13-28)36-29-14-8-3-9-15-29/h1-4,6-10,12-23,38H,5,11H2. The molecule has 0 amide bonds. The van der Waals surface area contributed by atoms with Gasteiger partial charge in [-0.1, -0.05) is 72.8 Å². The van der Waals surface area contributed by atoms with Crippen LogP contribution < -0.4 is 18.1 Å². The molecule has 0 saturated heterocycles. The highest BCUT2D eigenvalue weighted by Gasteiger charge is 2.33. The lowest BCUT2D eigenvalue weighted by molar-refractivity contribution is 0.298. The topological polar surface area (TPSA) is 80.3 Å².